The van der Waals surface area contributed by atoms with E-state index in [1.165, 1.54) is 43.4 Å². The van der Waals surface area contributed by atoms with E-state index in [0.717, 1.165) is 57.1 Å². The van der Waals surface area contributed by atoms with Gasteiger partial charge in [-0.05, 0) is 74.6 Å². The second-order valence-electron chi connectivity index (χ2n) is 11.4. The Kier molecular flexibility index (Phi) is 9.17. The van der Waals surface area contributed by atoms with Crippen LogP contribution in [0.2, 0.25) is 0 Å². The second kappa shape index (κ2) is 13.5. The standard InChI is InChI=1S/C37H40N4S/c1-26(14-12-19-29(38)30-20-8-10-24-39-30)36-34(27-15-4-2-5-16-27)35(28-17-6-3-7-18-28)37(42-36)33-23-13-22-32(41-33)31-21-9-11-25-40-31/h2,4-6,8,10-12,14-18,20,24-26,29,33H,3,7,9,13,19,21-23,38H2,1H3/b14-12-. The van der Waals surface area contributed by atoms with E-state index in [1.54, 1.807) is 0 Å². The molecule has 3 aromatic rings. The van der Waals surface area contributed by atoms with E-state index in [0.29, 0.717) is 0 Å². The Hall–Kier alpha value is -3.67. The molecule has 0 saturated heterocycles. The zero-order valence-corrected chi connectivity index (χ0v) is 25.3. The Morgan fingerprint density at radius 2 is 1.86 bits per heavy atom. The number of hydrogen-bond acceptors (Lipinski definition) is 5. The van der Waals surface area contributed by atoms with Crippen LogP contribution in [0.4, 0.5) is 0 Å². The van der Waals surface area contributed by atoms with Gasteiger partial charge in [-0.15, -0.1) is 11.3 Å². The van der Waals surface area contributed by atoms with Crippen LogP contribution in [-0.2, 0) is 0 Å². The average molecular weight is 573 g/mol. The number of nitrogens with two attached hydrogens (primary N) is 1. The summed E-state index contributed by atoms with van der Waals surface area (Å²) in [7, 11) is 0. The molecule has 0 bridgehead atoms. The lowest BCUT2D eigenvalue weighted by atomic mass is 9.87. The molecule has 3 atom stereocenters. The van der Waals surface area contributed by atoms with Gasteiger partial charge in [-0.25, -0.2) is 0 Å². The van der Waals surface area contributed by atoms with E-state index >= 15 is 0 Å². The van der Waals surface area contributed by atoms with E-state index in [2.05, 4.69) is 78.7 Å². The molecule has 2 N–H and O–H groups in total. The summed E-state index contributed by atoms with van der Waals surface area (Å²) in [5.41, 5.74) is 15.2. The van der Waals surface area contributed by atoms with E-state index in [-0.39, 0.29) is 18.0 Å². The first kappa shape index (κ1) is 28.4. The van der Waals surface area contributed by atoms with Gasteiger partial charge in [0, 0.05) is 39.2 Å². The van der Waals surface area contributed by atoms with Crippen molar-refractivity contribution in [2.75, 3.05) is 0 Å². The highest BCUT2D eigenvalue weighted by Crippen LogP contribution is 2.49. The molecule has 4 heterocycles. The molecular formula is C37H40N4S. The Bertz CT molecular complexity index is 1560. The van der Waals surface area contributed by atoms with Crippen LogP contribution >= 0.6 is 11.3 Å². The van der Waals surface area contributed by atoms with Gasteiger partial charge in [-0.3, -0.25) is 15.0 Å². The first-order valence-electron chi connectivity index (χ1n) is 15.4. The van der Waals surface area contributed by atoms with Crippen molar-refractivity contribution in [2.24, 2.45) is 15.7 Å². The molecule has 1 aromatic carbocycles. The number of nitrogens with zero attached hydrogens (tertiary/aromatic N) is 3. The third kappa shape index (κ3) is 6.38. The highest BCUT2D eigenvalue weighted by molar-refractivity contribution is 7.13. The summed E-state index contributed by atoms with van der Waals surface area (Å²) >= 11 is 1.96. The summed E-state index contributed by atoms with van der Waals surface area (Å²) in [6.45, 7) is 2.32. The molecular weight excluding hydrogens is 533 g/mol. The molecule has 3 unspecified atom stereocenters. The summed E-state index contributed by atoms with van der Waals surface area (Å²) in [4.78, 5) is 17.4. The third-order valence-corrected chi connectivity index (χ3v) is 9.82. The predicted molar refractivity (Wildman–Crippen MR) is 179 cm³/mol. The van der Waals surface area contributed by atoms with Crippen LogP contribution in [0.3, 0.4) is 0 Å². The molecule has 2 aliphatic heterocycles. The second-order valence-corrected chi connectivity index (χ2v) is 12.5. The molecule has 0 spiro atoms. The fraction of sp³-hybridized carbons (Fsp3) is 0.324. The Morgan fingerprint density at radius 3 is 2.62 bits per heavy atom. The van der Waals surface area contributed by atoms with E-state index in [1.807, 2.05) is 41.9 Å². The highest BCUT2D eigenvalue weighted by Gasteiger charge is 2.30. The fourth-order valence-corrected chi connectivity index (χ4v) is 7.59. The fourth-order valence-electron chi connectivity index (χ4n) is 6.14. The lowest BCUT2D eigenvalue weighted by Crippen LogP contribution is -2.20. The summed E-state index contributed by atoms with van der Waals surface area (Å²) in [5.74, 6) is 0.238. The minimum atomic E-state index is -0.109. The normalized spacial score (nSPS) is 20.2. The highest BCUT2D eigenvalue weighted by atomic mass is 32.1. The molecule has 0 fully saturated rings. The maximum Gasteiger partial charge on any atom is 0.0851 e. The SMILES string of the molecule is CC(/C=C\CC(N)c1ccccn1)c1sc(C2CCCC(C3=NC=CCC3)=N2)c(C2=CCCC=C2)c1-c1ccccc1. The lowest BCUT2D eigenvalue weighted by molar-refractivity contribution is 0.606. The van der Waals surface area contributed by atoms with Gasteiger partial charge in [0.1, 0.15) is 0 Å². The minimum absolute atomic E-state index is 0.109. The van der Waals surface area contributed by atoms with Crippen molar-refractivity contribution in [3.63, 3.8) is 0 Å². The molecule has 4 nitrogen and oxygen atoms in total. The number of allylic oxidation sites excluding steroid dienone is 6. The van der Waals surface area contributed by atoms with Crippen molar-refractivity contribution < 1.29 is 0 Å². The van der Waals surface area contributed by atoms with Crippen LogP contribution in [0.25, 0.3) is 16.7 Å². The van der Waals surface area contributed by atoms with Gasteiger partial charge >= 0.3 is 0 Å². The molecule has 0 saturated carbocycles. The van der Waals surface area contributed by atoms with Crippen molar-refractivity contribution in [1.29, 1.82) is 0 Å². The van der Waals surface area contributed by atoms with Gasteiger partial charge in [0.25, 0.3) is 0 Å². The first-order chi connectivity index (χ1) is 20.7. The predicted octanol–water partition coefficient (Wildman–Crippen LogP) is 9.71. The summed E-state index contributed by atoms with van der Waals surface area (Å²) < 4.78 is 0. The number of hydrogen-bond donors (Lipinski definition) is 1. The minimum Gasteiger partial charge on any atom is -0.322 e. The van der Waals surface area contributed by atoms with Gasteiger partial charge in [0.05, 0.1) is 29.2 Å². The molecule has 1 aliphatic carbocycles. The number of aliphatic imine (C=N–C) groups is 2. The van der Waals surface area contributed by atoms with Crippen LogP contribution in [0.1, 0.15) is 97.3 Å². The van der Waals surface area contributed by atoms with Crippen LogP contribution in [-0.4, -0.2) is 16.4 Å². The van der Waals surface area contributed by atoms with Gasteiger partial charge in [0.15, 0.2) is 0 Å². The molecule has 214 valence electrons. The average Bonchev–Trinajstić information content (AvgIpc) is 3.47. The van der Waals surface area contributed by atoms with Crippen LogP contribution in [0.5, 0.6) is 0 Å². The van der Waals surface area contributed by atoms with Gasteiger partial charge < -0.3 is 5.73 Å². The Morgan fingerprint density at radius 1 is 0.976 bits per heavy atom. The molecule has 3 aliphatic rings. The molecule has 6 rings (SSSR count). The number of thiophene rings is 1. The molecule has 0 radical (unpaired) electrons. The molecule has 42 heavy (non-hydrogen) atoms. The largest absolute Gasteiger partial charge is 0.322 e. The van der Waals surface area contributed by atoms with Crippen LogP contribution < -0.4 is 5.73 Å². The number of rotatable bonds is 9. The maximum absolute atomic E-state index is 6.48. The lowest BCUT2D eigenvalue weighted by Gasteiger charge is -2.23. The quantitative estimate of drug-likeness (QED) is 0.259. The van der Waals surface area contributed by atoms with Crippen molar-refractivity contribution in [2.45, 2.75) is 76.3 Å². The van der Waals surface area contributed by atoms with Crippen LogP contribution in [0.15, 0.2) is 107 Å². The zero-order valence-electron chi connectivity index (χ0n) is 24.5. The van der Waals surface area contributed by atoms with Gasteiger partial charge in [-0.1, -0.05) is 79.8 Å². The number of benzene rings is 1. The van der Waals surface area contributed by atoms with Gasteiger partial charge in [0.2, 0.25) is 0 Å². The Balaban J connectivity index is 1.42. The van der Waals surface area contributed by atoms with E-state index in [4.69, 9.17) is 15.7 Å². The zero-order chi connectivity index (χ0) is 28.7. The van der Waals surface area contributed by atoms with Crippen molar-refractivity contribution in [3.8, 4) is 11.1 Å². The Labute approximate surface area is 254 Å². The number of aromatic nitrogens is 1. The third-order valence-electron chi connectivity index (χ3n) is 8.33. The van der Waals surface area contributed by atoms with E-state index < -0.39 is 0 Å². The maximum atomic E-state index is 6.48. The van der Waals surface area contributed by atoms with Crippen molar-refractivity contribution in [1.82, 2.24) is 4.98 Å². The molecule has 5 heteroatoms. The number of pyridine rings is 1. The molecule has 2 aromatic heterocycles. The van der Waals surface area contributed by atoms with Gasteiger partial charge in [-0.2, -0.15) is 0 Å². The summed E-state index contributed by atoms with van der Waals surface area (Å²) in [6.07, 6.45) is 25.8. The molecule has 0 amide bonds. The summed E-state index contributed by atoms with van der Waals surface area (Å²) in [5, 5.41) is 0. The van der Waals surface area contributed by atoms with E-state index in [9.17, 15) is 0 Å². The van der Waals surface area contributed by atoms with Crippen molar-refractivity contribution in [3.05, 3.63) is 118 Å². The van der Waals surface area contributed by atoms with Crippen molar-refractivity contribution >= 4 is 28.3 Å². The monoisotopic (exact) mass is 572 g/mol. The van der Waals surface area contributed by atoms with Crippen LogP contribution in [0, 0.1) is 0 Å². The smallest absolute Gasteiger partial charge is 0.0851 e. The first-order valence-corrected chi connectivity index (χ1v) is 16.2. The summed E-state index contributed by atoms with van der Waals surface area (Å²) in [6, 6.07) is 16.9. The topological polar surface area (TPSA) is 63.6 Å².